The maximum atomic E-state index is 10.7. The second kappa shape index (κ2) is 3.69. The highest BCUT2D eigenvalue weighted by Crippen LogP contribution is 2.37. The fourth-order valence-electron chi connectivity index (χ4n) is 1.54. The molecule has 1 aliphatic rings. The molecule has 16 heavy (non-hydrogen) atoms. The zero-order valence-electron chi connectivity index (χ0n) is 8.39. The van der Waals surface area contributed by atoms with Crippen molar-refractivity contribution in [2.24, 2.45) is 0 Å². The van der Waals surface area contributed by atoms with E-state index in [9.17, 15) is 9.59 Å². The first-order valence-electron chi connectivity index (χ1n) is 4.45. The number of hydrogen-bond donors (Lipinski definition) is 1. The Balaban J connectivity index is 2.35. The topological polar surface area (TPSA) is 72.8 Å². The molecular weight excluding hydrogens is 212 g/mol. The first-order chi connectivity index (χ1) is 7.65. The SMILES string of the molecule is COc1cc2c(cc1C=O)C=C2OC(=O)O. The lowest BCUT2D eigenvalue weighted by Gasteiger charge is -2.19. The number of rotatable bonds is 3. The average molecular weight is 220 g/mol. The van der Waals surface area contributed by atoms with Gasteiger partial charge in [0.05, 0.1) is 12.7 Å². The van der Waals surface area contributed by atoms with Crippen molar-refractivity contribution in [3.05, 3.63) is 28.8 Å². The van der Waals surface area contributed by atoms with E-state index in [-0.39, 0.29) is 5.76 Å². The Hall–Kier alpha value is -2.30. The molecule has 0 radical (unpaired) electrons. The molecule has 5 nitrogen and oxygen atoms in total. The monoisotopic (exact) mass is 220 g/mol. The van der Waals surface area contributed by atoms with Gasteiger partial charge in [-0.05, 0) is 23.8 Å². The van der Waals surface area contributed by atoms with E-state index in [4.69, 9.17) is 9.84 Å². The molecule has 0 fully saturated rings. The number of fused-ring (bicyclic) bond motifs is 1. The number of aldehydes is 1. The van der Waals surface area contributed by atoms with E-state index >= 15 is 0 Å². The van der Waals surface area contributed by atoms with Gasteiger partial charge in [-0.2, -0.15) is 0 Å². The highest BCUT2D eigenvalue weighted by Gasteiger charge is 2.22. The molecule has 0 bridgehead atoms. The average Bonchev–Trinajstić information content (AvgIpc) is 2.25. The molecule has 1 aromatic rings. The minimum Gasteiger partial charge on any atom is -0.496 e. The number of carboxylic acid groups (broad SMARTS) is 1. The molecule has 0 amide bonds. The van der Waals surface area contributed by atoms with Gasteiger partial charge >= 0.3 is 6.16 Å². The summed E-state index contributed by atoms with van der Waals surface area (Å²) < 4.78 is 9.52. The van der Waals surface area contributed by atoms with E-state index in [2.05, 4.69) is 4.74 Å². The van der Waals surface area contributed by atoms with Crippen LogP contribution in [0.2, 0.25) is 0 Å². The summed E-state index contributed by atoms with van der Waals surface area (Å²) >= 11 is 0. The van der Waals surface area contributed by atoms with Crippen molar-refractivity contribution in [1.82, 2.24) is 0 Å². The number of carbonyl (C=O) groups is 2. The number of carbonyl (C=O) groups excluding carboxylic acids is 1. The number of methoxy groups -OCH3 is 1. The van der Waals surface area contributed by atoms with Gasteiger partial charge < -0.3 is 14.6 Å². The molecule has 0 aromatic heterocycles. The number of benzene rings is 1. The quantitative estimate of drug-likeness (QED) is 0.623. The first kappa shape index (κ1) is 10.2. The van der Waals surface area contributed by atoms with Gasteiger partial charge in [0.15, 0.2) is 6.29 Å². The van der Waals surface area contributed by atoms with E-state index in [1.807, 2.05) is 0 Å². The van der Waals surface area contributed by atoms with Gasteiger partial charge in [-0.15, -0.1) is 0 Å². The molecule has 0 saturated carbocycles. The minimum atomic E-state index is -1.37. The molecule has 5 heteroatoms. The highest BCUT2D eigenvalue weighted by molar-refractivity contribution is 5.97. The lowest BCUT2D eigenvalue weighted by molar-refractivity contribution is 0.111. The van der Waals surface area contributed by atoms with Crippen LogP contribution in [0.25, 0.3) is 11.8 Å². The largest absolute Gasteiger partial charge is 0.511 e. The summed E-state index contributed by atoms with van der Waals surface area (Å²) in [7, 11) is 1.44. The van der Waals surface area contributed by atoms with Crippen molar-refractivity contribution in [1.29, 1.82) is 0 Å². The molecule has 0 heterocycles. The minimum absolute atomic E-state index is 0.262. The van der Waals surface area contributed by atoms with Crippen LogP contribution >= 0.6 is 0 Å². The molecule has 0 unspecified atom stereocenters. The molecule has 82 valence electrons. The molecule has 1 N–H and O–H groups in total. The fourth-order valence-corrected chi connectivity index (χ4v) is 1.54. The van der Waals surface area contributed by atoms with Crippen molar-refractivity contribution in [3.63, 3.8) is 0 Å². The Kier molecular flexibility index (Phi) is 2.36. The van der Waals surface area contributed by atoms with E-state index in [1.54, 1.807) is 18.2 Å². The van der Waals surface area contributed by atoms with Crippen molar-refractivity contribution < 1.29 is 24.2 Å². The Bertz CT molecular complexity index is 501. The second-order valence-electron chi connectivity index (χ2n) is 3.18. The van der Waals surface area contributed by atoms with Crippen LogP contribution in [0.15, 0.2) is 12.1 Å². The smallest absolute Gasteiger partial charge is 0.496 e. The molecule has 0 spiro atoms. The predicted molar refractivity (Wildman–Crippen MR) is 55.4 cm³/mol. The van der Waals surface area contributed by atoms with Crippen LogP contribution in [0.4, 0.5) is 4.79 Å². The van der Waals surface area contributed by atoms with Crippen molar-refractivity contribution in [3.8, 4) is 5.75 Å². The van der Waals surface area contributed by atoms with Crippen LogP contribution in [0, 0.1) is 0 Å². The molecule has 2 rings (SSSR count). The Morgan fingerprint density at radius 3 is 2.75 bits per heavy atom. The Labute approximate surface area is 90.9 Å². The van der Waals surface area contributed by atoms with Crippen LogP contribution in [0.5, 0.6) is 5.75 Å². The summed E-state index contributed by atoms with van der Waals surface area (Å²) in [5.41, 5.74) is 1.82. The van der Waals surface area contributed by atoms with E-state index in [0.29, 0.717) is 23.2 Å². The first-order valence-corrected chi connectivity index (χ1v) is 4.45. The third-order valence-electron chi connectivity index (χ3n) is 2.28. The summed E-state index contributed by atoms with van der Waals surface area (Å²) in [6, 6.07) is 3.20. The van der Waals surface area contributed by atoms with Gasteiger partial charge in [0, 0.05) is 5.56 Å². The van der Waals surface area contributed by atoms with Crippen molar-refractivity contribution in [2.75, 3.05) is 7.11 Å². The molecule has 0 saturated heterocycles. The third-order valence-corrected chi connectivity index (χ3v) is 2.28. The van der Waals surface area contributed by atoms with Gasteiger partial charge in [0.2, 0.25) is 0 Å². The third kappa shape index (κ3) is 1.52. The van der Waals surface area contributed by atoms with Gasteiger partial charge in [-0.3, -0.25) is 4.79 Å². The lowest BCUT2D eigenvalue weighted by atomic mass is 9.93. The molecule has 0 aliphatic heterocycles. The second-order valence-corrected chi connectivity index (χ2v) is 3.18. The summed E-state index contributed by atoms with van der Waals surface area (Å²) in [5, 5.41) is 8.45. The molecule has 1 aliphatic carbocycles. The zero-order chi connectivity index (χ0) is 11.7. The molecule has 0 atom stereocenters. The summed E-state index contributed by atoms with van der Waals surface area (Å²) in [6.07, 6.45) is 0.870. The maximum absolute atomic E-state index is 10.7. The zero-order valence-corrected chi connectivity index (χ0v) is 8.39. The lowest BCUT2D eigenvalue weighted by Crippen LogP contribution is -2.08. The fraction of sp³-hybridized carbons (Fsp3) is 0.0909. The van der Waals surface area contributed by atoms with E-state index in [0.717, 1.165) is 5.56 Å². The normalized spacial score (nSPS) is 11.9. The summed E-state index contributed by atoms with van der Waals surface area (Å²) in [5.74, 6) is 0.659. The molecule has 1 aromatic carbocycles. The van der Waals surface area contributed by atoms with Gasteiger partial charge in [0.25, 0.3) is 0 Å². The summed E-state index contributed by atoms with van der Waals surface area (Å²) in [4.78, 5) is 21.0. The Morgan fingerprint density at radius 2 is 2.19 bits per heavy atom. The van der Waals surface area contributed by atoms with Crippen LogP contribution in [0.3, 0.4) is 0 Å². The van der Waals surface area contributed by atoms with Crippen LogP contribution in [-0.2, 0) is 4.74 Å². The van der Waals surface area contributed by atoms with E-state index < -0.39 is 6.16 Å². The van der Waals surface area contributed by atoms with E-state index in [1.165, 1.54) is 7.11 Å². The van der Waals surface area contributed by atoms with Crippen molar-refractivity contribution >= 4 is 24.3 Å². The number of ether oxygens (including phenoxy) is 2. The van der Waals surface area contributed by atoms with Gasteiger partial charge in [-0.25, -0.2) is 4.79 Å². The molecular formula is C11H8O5. The predicted octanol–water partition coefficient (Wildman–Crippen LogP) is 2.01. The standard InChI is InChI=1S/C11H8O5/c1-15-9-4-8-6(2-7(9)5-12)3-10(8)16-11(13)14/h2-5H,1H3,(H,13,14). The Morgan fingerprint density at radius 1 is 1.44 bits per heavy atom. The van der Waals surface area contributed by atoms with Crippen LogP contribution in [-0.4, -0.2) is 24.7 Å². The maximum Gasteiger partial charge on any atom is 0.511 e. The summed E-state index contributed by atoms with van der Waals surface area (Å²) in [6.45, 7) is 0. The van der Waals surface area contributed by atoms with Gasteiger partial charge in [0.1, 0.15) is 11.5 Å². The van der Waals surface area contributed by atoms with Gasteiger partial charge in [-0.1, -0.05) is 0 Å². The highest BCUT2D eigenvalue weighted by atomic mass is 16.7. The van der Waals surface area contributed by atoms with Crippen molar-refractivity contribution in [2.45, 2.75) is 0 Å². The van der Waals surface area contributed by atoms with Crippen LogP contribution < -0.4 is 4.74 Å². The van der Waals surface area contributed by atoms with Crippen LogP contribution in [0.1, 0.15) is 21.5 Å². The number of hydrogen-bond acceptors (Lipinski definition) is 4.